The van der Waals surface area contributed by atoms with E-state index in [0.717, 1.165) is 18.5 Å². The molecule has 1 saturated carbocycles. The molecule has 0 atom stereocenters. The van der Waals surface area contributed by atoms with Crippen LogP contribution < -0.4 is 5.73 Å². The van der Waals surface area contributed by atoms with Crippen molar-refractivity contribution in [3.05, 3.63) is 24.0 Å². The summed E-state index contributed by atoms with van der Waals surface area (Å²) in [5.41, 5.74) is 6.15. The van der Waals surface area contributed by atoms with Crippen LogP contribution in [0.25, 0.3) is 0 Å². The van der Waals surface area contributed by atoms with Crippen LogP contribution in [-0.4, -0.2) is 33.5 Å². The molecule has 1 aromatic rings. The third kappa shape index (κ3) is 3.43. The third-order valence-corrected chi connectivity index (χ3v) is 3.37. The average molecular weight is 249 g/mol. The molecular weight excluding hydrogens is 230 g/mol. The van der Waals surface area contributed by atoms with E-state index >= 15 is 0 Å². The van der Waals surface area contributed by atoms with Crippen molar-refractivity contribution >= 4 is 5.91 Å². The highest BCUT2D eigenvalue weighted by Gasteiger charge is 2.24. The topological polar surface area (TPSA) is 79.5 Å². The maximum atomic E-state index is 11.1. The maximum absolute atomic E-state index is 11.1. The summed E-state index contributed by atoms with van der Waals surface area (Å²) in [6.45, 7) is 0.876. The monoisotopic (exact) mass is 249 g/mol. The van der Waals surface area contributed by atoms with E-state index in [1.807, 2.05) is 0 Å². The van der Waals surface area contributed by atoms with Crippen LogP contribution in [-0.2, 0) is 11.3 Å². The lowest BCUT2D eigenvalue weighted by molar-refractivity contribution is -0.119. The molecule has 98 valence electrons. The van der Waals surface area contributed by atoms with E-state index in [0.29, 0.717) is 12.6 Å². The predicted octanol–water partition coefficient (Wildman–Crippen LogP) is 1.02. The largest absolute Gasteiger partial charge is 0.506 e. The van der Waals surface area contributed by atoms with Crippen LogP contribution in [0.3, 0.4) is 0 Å². The number of rotatable bonds is 5. The van der Waals surface area contributed by atoms with Gasteiger partial charge >= 0.3 is 0 Å². The minimum atomic E-state index is -0.305. The summed E-state index contributed by atoms with van der Waals surface area (Å²) in [6, 6.07) is 3.81. The zero-order valence-corrected chi connectivity index (χ0v) is 10.4. The van der Waals surface area contributed by atoms with Crippen LogP contribution in [0.5, 0.6) is 5.75 Å². The van der Waals surface area contributed by atoms with Gasteiger partial charge in [0, 0.05) is 12.6 Å². The fourth-order valence-electron chi connectivity index (χ4n) is 2.50. The SMILES string of the molecule is NC(=O)CN(Cc1ccc(O)cn1)C1CCCC1. The number of nitrogens with two attached hydrogens (primary N) is 1. The number of carbonyl (C=O) groups is 1. The Labute approximate surface area is 107 Å². The van der Waals surface area contributed by atoms with Crippen molar-refractivity contribution in [2.45, 2.75) is 38.3 Å². The van der Waals surface area contributed by atoms with E-state index in [1.54, 1.807) is 12.1 Å². The van der Waals surface area contributed by atoms with Crippen LogP contribution in [0.2, 0.25) is 0 Å². The Morgan fingerprint density at radius 2 is 2.17 bits per heavy atom. The highest BCUT2D eigenvalue weighted by molar-refractivity contribution is 5.75. The van der Waals surface area contributed by atoms with Crippen LogP contribution in [0.15, 0.2) is 18.3 Å². The lowest BCUT2D eigenvalue weighted by Gasteiger charge is -2.27. The molecule has 0 radical (unpaired) electrons. The van der Waals surface area contributed by atoms with E-state index in [9.17, 15) is 9.90 Å². The Kier molecular flexibility index (Phi) is 4.15. The van der Waals surface area contributed by atoms with Crippen molar-refractivity contribution < 1.29 is 9.90 Å². The molecule has 1 aliphatic carbocycles. The zero-order valence-electron chi connectivity index (χ0n) is 10.4. The summed E-state index contributed by atoms with van der Waals surface area (Å²) in [5.74, 6) is -0.151. The van der Waals surface area contributed by atoms with Crippen molar-refractivity contribution in [1.82, 2.24) is 9.88 Å². The second-order valence-corrected chi connectivity index (χ2v) is 4.82. The molecule has 5 heteroatoms. The number of carbonyl (C=O) groups excluding carboxylic acids is 1. The molecule has 0 aromatic carbocycles. The number of hydrogen-bond donors (Lipinski definition) is 2. The summed E-state index contributed by atoms with van der Waals surface area (Å²) in [5, 5.41) is 9.20. The average Bonchev–Trinajstić information content (AvgIpc) is 2.84. The molecular formula is C13H19N3O2. The molecule has 1 aliphatic rings. The molecule has 2 rings (SSSR count). The number of amides is 1. The van der Waals surface area contributed by atoms with Crippen molar-refractivity contribution in [2.75, 3.05) is 6.54 Å². The van der Waals surface area contributed by atoms with Gasteiger partial charge in [0.15, 0.2) is 0 Å². The summed E-state index contributed by atoms with van der Waals surface area (Å²) in [4.78, 5) is 17.4. The molecule has 1 heterocycles. The molecule has 0 bridgehead atoms. The molecule has 1 amide bonds. The summed E-state index contributed by atoms with van der Waals surface area (Å²) in [6.07, 6.45) is 6.08. The first kappa shape index (κ1) is 12.8. The number of nitrogens with zero attached hydrogens (tertiary/aromatic N) is 2. The molecule has 1 fully saturated rings. The quantitative estimate of drug-likeness (QED) is 0.816. The Bertz CT molecular complexity index is 399. The molecule has 0 aliphatic heterocycles. The standard InChI is InChI=1S/C13H19N3O2/c14-13(18)9-16(11-3-1-2-4-11)8-10-5-6-12(17)7-15-10/h5-7,11,17H,1-4,8-9H2,(H2,14,18). The van der Waals surface area contributed by atoms with Gasteiger partial charge in [-0.05, 0) is 25.0 Å². The Hall–Kier alpha value is -1.62. The molecule has 0 saturated heterocycles. The fourth-order valence-corrected chi connectivity index (χ4v) is 2.50. The first-order chi connectivity index (χ1) is 8.65. The number of primary amides is 1. The van der Waals surface area contributed by atoms with Gasteiger partial charge in [-0.3, -0.25) is 14.7 Å². The van der Waals surface area contributed by atoms with Gasteiger partial charge in [0.1, 0.15) is 5.75 Å². The highest BCUT2D eigenvalue weighted by Crippen LogP contribution is 2.24. The minimum absolute atomic E-state index is 0.154. The normalized spacial score (nSPS) is 16.3. The lowest BCUT2D eigenvalue weighted by atomic mass is 10.2. The zero-order chi connectivity index (χ0) is 13.0. The van der Waals surface area contributed by atoms with Gasteiger partial charge in [0.25, 0.3) is 0 Å². The summed E-state index contributed by atoms with van der Waals surface area (Å²) < 4.78 is 0. The van der Waals surface area contributed by atoms with Crippen LogP contribution in [0.1, 0.15) is 31.4 Å². The van der Waals surface area contributed by atoms with Crippen molar-refractivity contribution in [3.63, 3.8) is 0 Å². The van der Waals surface area contributed by atoms with Gasteiger partial charge in [-0.2, -0.15) is 0 Å². The van der Waals surface area contributed by atoms with Crippen molar-refractivity contribution in [3.8, 4) is 5.75 Å². The minimum Gasteiger partial charge on any atom is -0.506 e. The van der Waals surface area contributed by atoms with Crippen LogP contribution >= 0.6 is 0 Å². The van der Waals surface area contributed by atoms with E-state index < -0.39 is 0 Å². The van der Waals surface area contributed by atoms with E-state index in [4.69, 9.17) is 5.73 Å². The molecule has 0 spiro atoms. The van der Waals surface area contributed by atoms with Gasteiger partial charge < -0.3 is 10.8 Å². The van der Waals surface area contributed by atoms with E-state index in [1.165, 1.54) is 19.0 Å². The first-order valence-electron chi connectivity index (χ1n) is 6.31. The molecule has 0 unspecified atom stereocenters. The molecule has 5 nitrogen and oxygen atoms in total. The van der Waals surface area contributed by atoms with Gasteiger partial charge in [0.05, 0.1) is 18.4 Å². The molecule has 3 N–H and O–H groups in total. The van der Waals surface area contributed by atoms with E-state index in [2.05, 4.69) is 9.88 Å². The van der Waals surface area contributed by atoms with Crippen molar-refractivity contribution in [1.29, 1.82) is 0 Å². The predicted molar refractivity (Wildman–Crippen MR) is 67.8 cm³/mol. The van der Waals surface area contributed by atoms with Gasteiger partial charge in [-0.25, -0.2) is 0 Å². The van der Waals surface area contributed by atoms with E-state index in [-0.39, 0.29) is 18.2 Å². The Morgan fingerprint density at radius 1 is 1.44 bits per heavy atom. The second kappa shape index (κ2) is 5.82. The summed E-state index contributed by atoms with van der Waals surface area (Å²) >= 11 is 0. The summed E-state index contributed by atoms with van der Waals surface area (Å²) in [7, 11) is 0. The van der Waals surface area contributed by atoms with Gasteiger partial charge in [-0.15, -0.1) is 0 Å². The number of pyridine rings is 1. The third-order valence-electron chi connectivity index (χ3n) is 3.37. The Morgan fingerprint density at radius 3 is 2.72 bits per heavy atom. The maximum Gasteiger partial charge on any atom is 0.231 e. The van der Waals surface area contributed by atoms with Crippen LogP contribution in [0.4, 0.5) is 0 Å². The smallest absolute Gasteiger partial charge is 0.231 e. The first-order valence-corrected chi connectivity index (χ1v) is 6.31. The fraction of sp³-hybridized carbons (Fsp3) is 0.538. The van der Waals surface area contributed by atoms with Gasteiger partial charge in [0.2, 0.25) is 5.91 Å². The van der Waals surface area contributed by atoms with Crippen LogP contribution in [0, 0.1) is 0 Å². The molecule has 18 heavy (non-hydrogen) atoms. The molecule has 1 aromatic heterocycles. The number of aromatic nitrogens is 1. The van der Waals surface area contributed by atoms with Gasteiger partial charge in [-0.1, -0.05) is 12.8 Å². The lowest BCUT2D eigenvalue weighted by Crippen LogP contribution is -2.39. The Balaban J connectivity index is 2.03. The highest BCUT2D eigenvalue weighted by atomic mass is 16.3. The van der Waals surface area contributed by atoms with Crippen molar-refractivity contribution in [2.24, 2.45) is 5.73 Å². The number of hydrogen-bond acceptors (Lipinski definition) is 4. The number of aromatic hydroxyl groups is 1. The second-order valence-electron chi connectivity index (χ2n) is 4.82.